The number of carbonyl (C=O) groups excluding carboxylic acids is 1. The van der Waals surface area contributed by atoms with Crippen LogP contribution in [0.25, 0.3) is 0 Å². The molecule has 1 aromatic heterocycles. The van der Waals surface area contributed by atoms with Crippen molar-refractivity contribution in [3.8, 4) is 11.5 Å². The van der Waals surface area contributed by atoms with E-state index in [9.17, 15) is 13.2 Å². The van der Waals surface area contributed by atoms with E-state index in [0.717, 1.165) is 6.26 Å². The Kier molecular flexibility index (Phi) is 4.94. The van der Waals surface area contributed by atoms with Gasteiger partial charge in [-0.05, 0) is 30.3 Å². The first kappa shape index (κ1) is 17.6. The highest BCUT2D eigenvalue weighted by atomic mass is 32.2. The van der Waals surface area contributed by atoms with Gasteiger partial charge in [-0.25, -0.2) is 18.4 Å². The van der Waals surface area contributed by atoms with E-state index in [1.54, 1.807) is 36.4 Å². The molecule has 0 aliphatic carbocycles. The fourth-order valence-electron chi connectivity index (χ4n) is 2.11. The average Bonchev–Trinajstić information content (AvgIpc) is 2.63. The molecule has 26 heavy (non-hydrogen) atoms. The summed E-state index contributed by atoms with van der Waals surface area (Å²) in [7, 11) is -3.61. The maximum absolute atomic E-state index is 12.4. The van der Waals surface area contributed by atoms with Gasteiger partial charge in [0.15, 0.2) is 5.75 Å². The van der Waals surface area contributed by atoms with Crippen LogP contribution in [-0.4, -0.2) is 30.5 Å². The van der Waals surface area contributed by atoms with Crippen LogP contribution in [0.15, 0.2) is 72.0 Å². The van der Waals surface area contributed by atoms with Crippen LogP contribution in [0.2, 0.25) is 0 Å². The number of hydrogen-bond donors (Lipinski definition) is 1. The summed E-state index contributed by atoms with van der Waals surface area (Å²) in [6.45, 7) is 0. The SMILES string of the molecule is CS(=O)(=O)c1nccc(C(=O)Nc2ccccc2Oc2ccccc2)n1. The Morgan fingerprint density at radius 2 is 1.69 bits per heavy atom. The first-order valence-electron chi connectivity index (χ1n) is 7.60. The van der Waals surface area contributed by atoms with E-state index in [0.29, 0.717) is 17.2 Å². The van der Waals surface area contributed by atoms with Crippen LogP contribution < -0.4 is 10.1 Å². The molecule has 1 amide bonds. The number of amides is 1. The fraction of sp³-hybridized carbons (Fsp3) is 0.0556. The van der Waals surface area contributed by atoms with Gasteiger partial charge in [-0.2, -0.15) is 0 Å². The second kappa shape index (κ2) is 7.32. The molecule has 0 saturated heterocycles. The van der Waals surface area contributed by atoms with Crippen LogP contribution in [-0.2, 0) is 9.84 Å². The minimum atomic E-state index is -3.61. The highest BCUT2D eigenvalue weighted by Crippen LogP contribution is 2.29. The van der Waals surface area contributed by atoms with Crippen LogP contribution in [0, 0.1) is 0 Å². The Balaban J connectivity index is 1.84. The molecule has 0 bridgehead atoms. The van der Waals surface area contributed by atoms with Gasteiger partial charge < -0.3 is 10.1 Å². The van der Waals surface area contributed by atoms with Crippen molar-refractivity contribution in [3.63, 3.8) is 0 Å². The first-order chi connectivity index (χ1) is 12.4. The monoisotopic (exact) mass is 369 g/mol. The molecule has 0 aliphatic rings. The van der Waals surface area contributed by atoms with Crippen molar-refractivity contribution in [3.05, 3.63) is 72.6 Å². The van der Waals surface area contributed by atoms with Crippen molar-refractivity contribution in [2.75, 3.05) is 11.6 Å². The third kappa shape index (κ3) is 4.22. The normalized spacial score (nSPS) is 11.0. The molecular formula is C18H15N3O4S. The zero-order valence-electron chi connectivity index (χ0n) is 13.8. The number of ether oxygens (including phenoxy) is 1. The van der Waals surface area contributed by atoms with E-state index >= 15 is 0 Å². The largest absolute Gasteiger partial charge is 0.455 e. The molecule has 0 fully saturated rings. The Morgan fingerprint density at radius 1 is 1.00 bits per heavy atom. The summed E-state index contributed by atoms with van der Waals surface area (Å²) in [5, 5.41) is 2.27. The topological polar surface area (TPSA) is 98.2 Å². The number of aromatic nitrogens is 2. The van der Waals surface area contributed by atoms with Gasteiger partial charge in [0.25, 0.3) is 5.91 Å². The van der Waals surface area contributed by atoms with E-state index in [-0.39, 0.29) is 5.69 Å². The third-order valence-corrected chi connectivity index (χ3v) is 4.16. The van der Waals surface area contributed by atoms with Gasteiger partial charge in [-0.1, -0.05) is 30.3 Å². The molecule has 3 rings (SSSR count). The standard InChI is InChI=1S/C18H15N3O4S/c1-26(23,24)18-19-12-11-15(21-18)17(22)20-14-9-5-6-10-16(14)25-13-7-3-2-4-8-13/h2-12H,1H3,(H,20,22). The van der Waals surface area contributed by atoms with Crippen molar-refractivity contribution < 1.29 is 17.9 Å². The lowest BCUT2D eigenvalue weighted by Gasteiger charge is -2.12. The lowest BCUT2D eigenvalue weighted by molar-refractivity contribution is 0.102. The molecule has 132 valence electrons. The van der Waals surface area contributed by atoms with E-state index in [4.69, 9.17) is 4.74 Å². The predicted octanol–water partition coefficient (Wildman–Crippen LogP) is 2.92. The summed E-state index contributed by atoms with van der Waals surface area (Å²) in [4.78, 5) is 19.9. The molecule has 3 aromatic rings. The summed E-state index contributed by atoms with van der Waals surface area (Å²) < 4.78 is 28.9. The second-order valence-electron chi connectivity index (χ2n) is 5.36. The number of benzene rings is 2. The number of nitrogens with one attached hydrogen (secondary N) is 1. The first-order valence-corrected chi connectivity index (χ1v) is 9.49. The zero-order chi connectivity index (χ0) is 18.6. The molecule has 8 heteroatoms. The predicted molar refractivity (Wildman–Crippen MR) is 96.1 cm³/mol. The smallest absolute Gasteiger partial charge is 0.274 e. The van der Waals surface area contributed by atoms with E-state index in [2.05, 4.69) is 15.3 Å². The summed E-state index contributed by atoms with van der Waals surface area (Å²) in [5.41, 5.74) is 0.371. The summed E-state index contributed by atoms with van der Waals surface area (Å²) >= 11 is 0. The minimum Gasteiger partial charge on any atom is -0.455 e. The van der Waals surface area contributed by atoms with Crippen molar-refractivity contribution in [2.45, 2.75) is 5.16 Å². The Bertz CT molecular complexity index is 1040. The highest BCUT2D eigenvalue weighted by molar-refractivity contribution is 7.90. The number of carbonyl (C=O) groups is 1. The maximum Gasteiger partial charge on any atom is 0.274 e. The molecule has 0 spiro atoms. The lowest BCUT2D eigenvalue weighted by Crippen LogP contribution is -2.16. The molecule has 1 N–H and O–H groups in total. The molecule has 0 unspecified atom stereocenters. The van der Waals surface area contributed by atoms with Gasteiger partial charge in [-0.3, -0.25) is 4.79 Å². The van der Waals surface area contributed by atoms with Gasteiger partial charge in [0.05, 0.1) is 5.69 Å². The molecular weight excluding hydrogens is 354 g/mol. The van der Waals surface area contributed by atoms with E-state index in [1.165, 1.54) is 12.3 Å². The Hall–Kier alpha value is -3.26. The third-order valence-electron chi connectivity index (χ3n) is 3.30. The van der Waals surface area contributed by atoms with Crippen LogP contribution in [0.5, 0.6) is 11.5 Å². The Morgan fingerprint density at radius 3 is 2.42 bits per heavy atom. The van der Waals surface area contributed by atoms with E-state index in [1.807, 2.05) is 18.2 Å². The van der Waals surface area contributed by atoms with Gasteiger partial charge in [0, 0.05) is 12.5 Å². The van der Waals surface area contributed by atoms with Crippen LogP contribution in [0.3, 0.4) is 0 Å². The van der Waals surface area contributed by atoms with Gasteiger partial charge in [-0.15, -0.1) is 0 Å². The Labute approximate surface area is 150 Å². The van der Waals surface area contributed by atoms with Gasteiger partial charge >= 0.3 is 0 Å². The van der Waals surface area contributed by atoms with Gasteiger partial charge in [0.2, 0.25) is 15.0 Å². The minimum absolute atomic E-state index is 0.0602. The second-order valence-corrected chi connectivity index (χ2v) is 7.27. The fourth-order valence-corrected chi connectivity index (χ4v) is 2.62. The molecule has 2 aromatic carbocycles. The van der Waals surface area contributed by atoms with Crippen molar-refractivity contribution in [2.24, 2.45) is 0 Å². The van der Waals surface area contributed by atoms with E-state index < -0.39 is 20.9 Å². The van der Waals surface area contributed by atoms with Crippen molar-refractivity contribution in [1.29, 1.82) is 0 Å². The number of anilines is 1. The van der Waals surface area contributed by atoms with Crippen LogP contribution >= 0.6 is 0 Å². The van der Waals surface area contributed by atoms with Crippen LogP contribution in [0.1, 0.15) is 10.5 Å². The number of hydrogen-bond acceptors (Lipinski definition) is 6. The number of para-hydroxylation sites is 3. The molecule has 0 radical (unpaired) electrons. The number of sulfone groups is 1. The lowest BCUT2D eigenvalue weighted by atomic mass is 10.2. The summed E-state index contributed by atoms with van der Waals surface area (Å²) in [6.07, 6.45) is 2.21. The maximum atomic E-state index is 12.4. The van der Waals surface area contributed by atoms with Gasteiger partial charge in [0.1, 0.15) is 11.4 Å². The summed E-state index contributed by atoms with van der Waals surface area (Å²) in [6, 6.07) is 17.4. The number of nitrogens with zero attached hydrogens (tertiary/aromatic N) is 2. The zero-order valence-corrected chi connectivity index (χ0v) is 14.6. The average molecular weight is 369 g/mol. The summed E-state index contributed by atoms with van der Waals surface area (Å²) in [5.74, 6) is 0.501. The molecule has 7 nitrogen and oxygen atoms in total. The quantitative estimate of drug-likeness (QED) is 0.695. The van der Waals surface area contributed by atoms with Crippen molar-refractivity contribution in [1.82, 2.24) is 9.97 Å². The molecule has 1 heterocycles. The van der Waals surface area contributed by atoms with Crippen LogP contribution in [0.4, 0.5) is 5.69 Å². The highest BCUT2D eigenvalue weighted by Gasteiger charge is 2.16. The van der Waals surface area contributed by atoms with Crippen molar-refractivity contribution >= 4 is 21.4 Å². The molecule has 0 aliphatic heterocycles. The number of rotatable bonds is 5. The molecule has 0 saturated carbocycles. The molecule has 0 atom stereocenters.